The molecule has 0 saturated heterocycles. The third-order valence-electron chi connectivity index (χ3n) is 3.83. The van der Waals surface area contributed by atoms with Gasteiger partial charge in [0.25, 0.3) is 0 Å². The Hall–Kier alpha value is -2.34. The first-order chi connectivity index (χ1) is 9.69. The van der Waals surface area contributed by atoms with Crippen LogP contribution in [0.5, 0.6) is 0 Å². The first-order valence-electron chi connectivity index (χ1n) is 6.73. The summed E-state index contributed by atoms with van der Waals surface area (Å²) in [6.45, 7) is 2.07. The molecule has 1 atom stereocenters. The van der Waals surface area contributed by atoms with E-state index in [2.05, 4.69) is 30.4 Å². The van der Waals surface area contributed by atoms with E-state index in [1.807, 2.05) is 6.07 Å². The van der Waals surface area contributed by atoms with E-state index >= 15 is 0 Å². The maximum atomic E-state index is 13.6. The second-order valence-electron chi connectivity index (χ2n) is 5.21. The van der Waals surface area contributed by atoms with Gasteiger partial charge in [0.05, 0.1) is 11.7 Å². The van der Waals surface area contributed by atoms with Crippen LogP contribution in [0, 0.1) is 24.1 Å². The molecule has 1 aliphatic rings. The number of halogens is 1. The normalized spacial score (nSPS) is 16.6. The van der Waals surface area contributed by atoms with Crippen molar-refractivity contribution in [1.29, 1.82) is 5.26 Å². The van der Waals surface area contributed by atoms with Crippen molar-refractivity contribution in [1.82, 2.24) is 0 Å². The van der Waals surface area contributed by atoms with Crippen molar-refractivity contribution >= 4 is 5.69 Å². The van der Waals surface area contributed by atoms with Gasteiger partial charge in [0.1, 0.15) is 17.4 Å². The van der Waals surface area contributed by atoms with Gasteiger partial charge in [0, 0.05) is 0 Å². The highest BCUT2D eigenvalue weighted by Gasteiger charge is 2.23. The smallest absolute Gasteiger partial charge is 0.143 e. The fraction of sp³-hybridized carbons (Fsp3) is 0.235. The standard InChI is InChI=1S/C17H15FN2/c1-11-5-6-12-7-8-17(13(12)9-11)20-16-4-2-3-15(18)14(16)10-19/h2-6,9,17,20H,7-8H2,1H3. The maximum Gasteiger partial charge on any atom is 0.143 e. The molecular weight excluding hydrogens is 251 g/mol. The molecule has 0 amide bonds. The van der Waals surface area contributed by atoms with Gasteiger partial charge in [-0.3, -0.25) is 0 Å². The van der Waals surface area contributed by atoms with Crippen molar-refractivity contribution < 1.29 is 4.39 Å². The Bertz CT molecular complexity index is 701. The number of hydrogen-bond donors (Lipinski definition) is 1. The number of rotatable bonds is 2. The minimum atomic E-state index is -0.472. The predicted octanol–water partition coefficient (Wildman–Crippen LogP) is 4.11. The molecule has 0 saturated carbocycles. The van der Waals surface area contributed by atoms with Crippen LogP contribution in [0.4, 0.5) is 10.1 Å². The minimum absolute atomic E-state index is 0.0913. The Morgan fingerprint density at radius 3 is 2.95 bits per heavy atom. The lowest BCUT2D eigenvalue weighted by Crippen LogP contribution is -2.09. The van der Waals surface area contributed by atoms with E-state index < -0.39 is 5.82 Å². The molecule has 3 rings (SSSR count). The molecule has 1 N–H and O–H groups in total. The number of anilines is 1. The molecule has 3 heteroatoms. The SMILES string of the molecule is Cc1ccc2c(c1)C(Nc1cccc(F)c1C#N)CC2. The molecule has 1 aliphatic carbocycles. The molecule has 2 aromatic carbocycles. The maximum absolute atomic E-state index is 13.6. The Morgan fingerprint density at radius 2 is 2.15 bits per heavy atom. The quantitative estimate of drug-likeness (QED) is 0.888. The Balaban J connectivity index is 1.94. The second kappa shape index (κ2) is 4.97. The van der Waals surface area contributed by atoms with Crippen LogP contribution in [0.15, 0.2) is 36.4 Å². The molecule has 20 heavy (non-hydrogen) atoms. The lowest BCUT2D eigenvalue weighted by molar-refractivity contribution is 0.623. The lowest BCUT2D eigenvalue weighted by Gasteiger charge is -2.17. The molecule has 0 radical (unpaired) electrons. The van der Waals surface area contributed by atoms with Gasteiger partial charge in [0.15, 0.2) is 0 Å². The van der Waals surface area contributed by atoms with E-state index in [-0.39, 0.29) is 11.6 Å². The lowest BCUT2D eigenvalue weighted by atomic mass is 10.0. The molecule has 0 spiro atoms. The second-order valence-corrected chi connectivity index (χ2v) is 5.21. The molecule has 100 valence electrons. The summed E-state index contributed by atoms with van der Waals surface area (Å²) < 4.78 is 13.6. The topological polar surface area (TPSA) is 35.8 Å². The summed E-state index contributed by atoms with van der Waals surface area (Å²) >= 11 is 0. The van der Waals surface area contributed by atoms with Crippen LogP contribution >= 0.6 is 0 Å². The molecule has 0 fully saturated rings. The monoisotopic (exact) mass is 266 g/mol. The van der Waals surface area contributed by atoms with Gasteiger partial charge < -0.3 is 5.32 Å². The molecule has 0 bridgehead atoms. The number of fused-ring (bicyclic) bond motifs is 1. The van der Waals surface area contributed by atoms with Crippen LogP contribution in [0.1, 0.15) is 34.7 Å². The first-order valence-corrected chi connectivity index (χ1v) is 6.73. The van der Waals surface area contributed by atoms with Crippen LogP contribution in [0.3, 0.4) is 0 Å². The van der Waals surface area contributed by atoms with Crippen molar-refractivity contribution in [3.63, 3.8) is 0 Å². The number of nitriles is 1. The van der Waals surface area contributed by atoms with Crippen LogP contribution < -0.4 is 5.32 Å². The summed E-state index contributed by atoms with van der Waals surface area (Å²) in [6, 6.07) is 13.2. The Kier molecular flexibility index (Phi) is 3.15. The first kappa shape index (κ1) is 12.7. The van der Waals surface area contributed by atoms with Gasteiger partial charge >= 0.3 is 0 Å². The minimum Gasteiger partial charge on any atom is -0.377 e. The highest BCUT2D eigenvalue weighted by atomic mass is 19.1. The van der Waals surface area contributed by atoms with Crippen molar-refractivity contribution in [2.24, 2.45) is 0 Å². The Labute approximate surface area is 117 Å². The third-order valence-corrected chi connectivity index (χ3v) is 3.83. The van der Waals surface area contributed by atoms with Crippen molar-refractivity contribution in [2.45, 2.75) is 25.8 Å². The predicted molar refractivity (Wildman–Crippen MR) is 77.0 cm³/mol. The number of aryl methyl sites for hydroxylation is 2. The summed E-state index contributed by atoms with van der Waals surface area (Å²) in [4.78, 5) is 0. The number of hydrogen-bond acceptors (Lipinski definition) is 2. The van der Waals surface area contributed by atoms with E-state index in [1.54, 1.807) is 12.1 Å². The van der Waals surface area contributed by atoms with E-state index in [1.165, 1.54) is 22.8 Å². The van der Waals surface area contributed by atoms with Crippen molar-refractivity contribution in [3.8, 4) is 6.07 Å². The van der Waals surface area contributed by atoms with Gasteiger partial charge in [-0.2, -0.15) is 5.26 Å². The molecule has 2 aromatic rings. The zero-order valence-electron chi connectivity index (χ0n) is 11.3. The van der Waals surface area contributed by atoms with E-state index in [0.29, 0.717) is 5.69 Å². The van der Waals surface area contributed by atoms with Crippen LogP contribution in [-0.4, -0.2) is 0 Å². The third kappa shape index (κ3) is 2.14. The van der Waals surface area contributed by atoms with E-state index in [9.17, 15) is 4.39 Å². The van der Waals surface area contributed by atoms with Crippen LogP contribution in [-0.2, 0) is 6.42 Å². The summed E-state index contributed by atoms with van der Waals surface area (Å²) in [5.41, 5.74) is 4.49. The van der Waals surface area contributed by atoms with E-state index in [4.69, 9.17) is 5.26 Å². The average Bonchev–Trinajstić information content (AvgIpc) is 2.82. The highest BCUT2D eigenvalue weighted by molar-refractivity contribution is 5.59. The summed E-state index contributed by atoms with van der Waals surface area (Å²) in [5, 5.41) is 12.4. The summed E-state index contributed by atoms with van der Waals surface area (Å²) in [6.07, 6.45) is 1.99. The van der Waals surface area contributed by atoms with Crippen molar-refractivity contribution in [3.05, 3.63) is 64.5 Å². The fourth-order valence-corrected chi connectivity index (χ4v) is 2.82. The summed E-state index contributed by atoms with van der Waals surface area (Å²) in [5.74, 6) is -0.472. The summed E-state index contributed by atoms with van der Waals surface area (Å²) in [7, 11) is 0. The van der Waals surface area contributed by atoms with Gasteiger partial charge in [-0.25, -0.2) is 4.39 Å². The van der Waals surface area contributed by atoms with Gasteiger partial charge in [-0.05, 0) is 43.0 Å². The fourth-order valence-electron chi connectivity index (χ4n) is 2.82. The number of benzene rings is 2. The van der Waals surface area contributed by atoms with Gasteiger partial charge in [-0.1, -0.05) is 29.8 Å². The van der Waals surface area contributed by atoms with Crippen LogP contribution in [0.2, 0.25) is 0 Å². The molecular formula is C17H15FN2. The molecule has 0 aliphatic heterocycles. The van der Waals surface area contributed by atoms with Crippen LogP contribution in [0.25, 0.3) is 0 Å². The molecule has 0 aromatic heterocycles. The molecule has 0 heterocycles. The van der Waals surface area contributed by atoms with Gasteiger partial charge in [-0.15, -0.1) is 0 Å². The van der Waals surface area contributed by atoms with Crippen molar-refractivity contribution in [2.75, 3.05) is 5.32 Å². The Morgan fingerprint density at radius 1 is 1.30 bits per heavy atom. The largest absolute Gasteiger partial charge is 0.377 e. The molecule has 1 unspecified atom stereocenters. The zero-order chi connectivity index (χ0) is 14.1. The average molecular weight is 266 g/mol. The number of nitrogens with zero attached hydrogens (tertiary/aromatic N) is 1. The zero-order valence-corrected chi connectivity index (χ0v) is 11.3. The van der Waals surface area contributed by atoms with Gasteiger partial charge in [0.2, 0.25) is 0 Å². The van der Waals surface area contributed by atoms with E-state index in [0.717, 1.165) is 12.8 Å². The number of nitrogens with one attached hydrogen (secondary N) is 1. The highest BCUT2D eigenvalue weighted by Crippen LogP contribution is 2.35. The molecule has 2 nitrogen and oxygen atoms in total.